The van der Waals surface area contributed by atoms with Crippen molar-refractivity contribution in [3.05, 3.63) is 58.9 Å². The lowest BCUT2D eigenvalue weighted by Crippen LogP contribution is -2.52. The van der Waals surface area contributed by atoms with E-state index in [2.05, 4.69) is 15.6 Å². The summed E-state index contributed by atoms with van der Waals surface area (Å²) >= 11 is 0. The SMILES string of the molecule is Cc1c(C(C)(NCCC(=O)O)C(=O)N(C)C)ccc2[nH]c(CNc3ccc(C(=N)N)cc3)nc12. The zero-order valence-electron chi connectivity index (χ0n) is 19.8. The van der Waals surface area contributed by atoms with Gasteiger partial charge in [-0.05, 0) is 55.3 Å². The number of carbonyl (C=O) groups is 2. The lowest BCUT2D eigenvalue weighted by Gasteiger charge is -2.34. The third-order valence-corrected chi connectivity index (χ3v) is 5.80. The third-order valence-electron chi connectivity index (χ3n) is 5.80. The number of nitrogens with two attached hydrogens (primary N) is 1. The maximum atomic E-state index is 13.1. The van der Waals surface area contributed by atoms with Gasteiger partial charge in [-0.25, -0.2) is 4.98 Å². The van der Waals surface area contributed by atoms with Crippen LogP contribution in [0.5, 0.6) is 0 Å². The molecule has 0 saturated heterocycles. The minimum Gasteiger partial charge on any atom is -0.481 e. The van der Waals surface area contributed by atoms with Gasteiger partial charge < -0.3 is 26.0 Å². The van der Waals surface area contributed by atoms with Gasteiger partial charge in [0.15, 0.2) is 0 Å². The summed E-state index contributed by atoms with van der Waals surface area (Å²) in [5.41, 5.74) is 9.10. The van der Waals surface area contributed by atoms with Gasteiger partial charge in [0, 0.05) is 31.9 Å². The van der Waals surface area contributed by atoms with Crippen molar-refractivity contribution >= 4 is 34.4 Å². The molecule has 10 heteroatoms. The fourth-order valence-electron chi connectivity index (χ4n) is 3.99. The Bertz CT molecular complexity index is 1220. The molecule has 3 aromatic rings. The average molecular weight is 466 g/mol. The van der Waals surface area contributed by atoms with Crippen molar-refractivity contribution < 1.29 is 14.7 Å². The van der Waals surface area contributed by atoms with E-state index >= 15 is 0 Å². The first-order valence-corrected chi connectivity index (χ1v) is 10.9. The fraction of sp³-hybridized carbons (Fsp3) is 0.333. The Morgan fingerprint density at radius 3 is 2.47 bits per heavy atom. The van der Waals surface area contributed by atoms with E-state index in [0.717, 1.165) is 33.7 Å². The molecule has 0 bridgehead atoms. The topological polar surface area (TPSA) is 160 Å². The second-order valence-corrected chi connectivity index (χ2v) is 8.56. The molecule has 1 unspecified atom stereocenters. The van der Waals surface area contributed by atoms with Gasteiger partial charge >= 0.3 is 5.97 Å². The van der Waals surface area contributed by atoms with Crippen molar-refractivity contribution in [1.29, 1.82) is 5.41 Å². The molecule has 0 aliphatic rings. The minimum absolute atomic E-state index is 0.0207. The van der Waals surface area contributed by atoms with Crippen LogP contribution in [0.15, 0.2) is 36.4 Å². The number of carbonyl (C=O) groups excluding carboxylic acids is 1. The van der Waals surface area contributed by atoms with Crippen LogP contribution in [0.1, 0.15) is 35.9 Å². The third kappa shape index (κ3) is 5.18. The molecule has 180 valence electrons. The molecule has 0 spiro atoms. The van der Waals surface area contributed by atoms with Crippen LogP contribution in [-0.4, -0.2) is 58.3 Å². The van der Waals surface area contributed by atoms with Gasteiger partial charge in [0.1, 0.15) is 17.2 Å². The Labute approximate surface area is 198 Å². The number of carboxylic acids is 1. The lowest BCUT2D eigenvalue weighted by molar-refractivity contribution is -0.138. The normalized spacial score (nSPS) is 12.8. The number of hydrogen-bond donors (Lipinski definition) is 6. The Morgan fingerprint density at radius 1 is 1.21 bits per heavy atom. The first kappa shape index (κ1) is 24.7. The van der Waals surface area contributed by atoms with Crippen molar-refractivity contribution in [3.63, 3.8) is 0 Å². The summed E-state index contributed by atoms with van der Waals surface area (Å²) in [5.74, 6) is -0.357. The molecule has 2 aromatic carbocycles. The van der Waals surface area contributed by atoms with Crippen molar-refractivity contribution in [2.24, 2.45) is 5.73 Å². The first-order valence-electron chi connectivity index (χ1n) is 10.9. The monoisotopic (exact) mass is 465 g/mol. The van der Waals surface area contributed by atoms with Gasteiger partial charge in [-0.2, -0.15) is 0 Å². The summed E-state index contributed by atoms with van der Waals surface area (Å²) in [6.07, 6.45) is -0.0940. The predicted octanol–water partition coefficient (Wildman–Crippen LogP) is 2.14. The number of anilines is 1. The fourth-order valence-corrected chi connectivity index (χ4v) is 3.99. The number of imidazole rings is 1. The van der Waals surface area contributed by atoms with Crippen molar-refractivity contribution in [1.82, 2.24) is 20.2 Å². The van der Waals surface area contributed by atoms with Crippen LogP contribution < -0.4 is 16.4 Å². The summed E-state index contributed by atoms with van der Waals surface area (Å²) in [4.78, 5) is 33.7. The molecule has 0 aliphatic carbocycles. The molecule has 10 nitrogen and oxygen atoms in total. The van der Waals surface area contributed by atoms with E-state index in [0.29, 0.717) is 12.1 Å². The van der Waals surface area contributed by atoms with Crippen LogP contribution in [0, 0.1) is 12.3 Å². The molecule has 0 saturated carbocycles. The van der Waals surface area contributed by atoms with E-state index in [1.165, 1.54) is 4.90 Å². The van der Waals surface area contributed by atoms with Crippen molar-refractivity contribution in [2.45, 2.75) is 32.4 Å². The molecule has 7 N–H and O–H groups in total. The zero-order valence-corrected chi connectivity index (χ0v) is 19.8. The number of benzene rings is 2. The number of aromatic amines is 1. The number of rotatable bonds is 10. The van der Waals surface area contributed by atoms with E-state index in [9.17, 15) is 9.59 Å². The van der Waals surface area contributed by atoms with E-state index in [1.54, 1.807) is 33.2 Å². The summed E-state index contributed by atoms with van der Waals surface area (Å²) in [6, 6.07) is 11.0. The smallest absolute Gasteiger partial charge is 0.304 e. The highest BCUT2D eigenvalue weighted by atomic mass is 16.4. The molecule has 1 heterocycles. The van der Waals surface area contributed by atoms with E-state index in [-0.39, 0.29) is 24.7 Å². The zero-order chi connectivity index (χ0) is 25.0. The highest BCUT2D eigenvalue weighted by Crippen LogP contribution is 2.30. The number of hydrogen-bond acceptors (Lipinski definition) is 6. The van der Waals surface area contributed by atoms with Gasteiger partial charge in [0.25, 0.3) is 0 Å². The lowest BCUT2D eigenvalue weighted by atomic mass is 9.86. The van der Waals surface area contributed by atoms with Gasteiger partial charge in [-0.1, -0.05) is 6.07 Å². The van der Waals surface area contributed by atoms with Crippen molar-refractivity contribution in [2.75, 3.05) is 26.0 Å². The maximum Gasteiger partial charge on any atom is 0.304 e. The molecule has 1 aromatic heterocycles. The molecule has 0 radical (unpaired) electrons. The van der Waals surface area contributed by atoms with Crippen LogP contribution in [0.2, 0.25) is 0 Å². The van der Waals surface area contributed by atoms with Crippen LogP contribution in [0.25, 0.3) is 11.0 Å². The standard InChI is InChI=1S/C24H31N7O3/c1-14-17(24(2,23(34)31(3)4)28-12-11-20(32)33)9-10-18-21(14)30-19(29-18)13-27-16-7-5-15(6-8-16)22(25)26/h5-10,27-28H,11-13H2,1-4H3,(H3,25,26)(H,29,30)(H,32,33). The molecule has 1 amide bonds. The number of nitrogen functional groups attached to an aromatic ring is 1. The second-order valence-electron chi connectivity index (χ2n) is 8.56. The summed E-state index contributed by atoms with van der Waals surface area (Å²) < 4.78 is 0. The van der Waals surface area contributed by atoms with Gasteiger partial charge in [-0.15, -0.1) is 0 Å². The Hall–Kier alpha value is -3.92. The van der Waals surface area contributed by atoms with Crippen LogP contribution >= 0.6 is 0 Å². The van der Waals surface area contributed by atoms with Crippen LogP contribution in [0.3, 0.4) is 0 Å². The van der Waals surface area contributed by atoms with E-state index in [1.807, 2.05) is 31.2 Å². The predicted molar refractivity (Wildman–Crippen MR) is 132 cm³/mol. The number of nitrogens with zero attached hydrogens (tertiary/aromatic N) is 2. The minimum atomic E-state index is -1.10. The molecule has 0 aliphatic heterocycles. The molecule has 0 fully saturated rings. The average Bonchev–Trinajstić information content (AvgIpc) is 3.21. The second kappa shape index (κ2) is 9.92. The maximum absolute atomic E-state index is 13.1. The summed E-state index contributed by atoms with van der Waals surface area (Å²) in [5, 5.41) is 22.9. The first-order chi connectivity index (χ1) is 16.0. The van der Waals surface area contributed by atoms with E-state index in [4.69, 9.17) is 21.2 Å². The number of aromatic nitrogens is 2. The quantitative estimate of drug-likeness (QED) is 0.197. The summed E-state index contributed by atoms with van der Waals surface area (Å²) in [6.45, 7) is 4.29. The number of aryl methyl sites for hydroxylation is 1. The van der Waals surface area contributed by atoms with Crippen molar-refractivity contribution in [3.8, 4) is 0 Å². The number of carboxylic acid groups (broad SMARTS) is 1. The Kier molecular flexibility index (Phi) is 7.21. The number of amidine groups is 1. The number of aliphatic carboxylic acids is 1. The van der Waals surface area contributed by atoms with E-state index < -0.39 is 11.5 Å². The summed E-state index contributed by atoms with van der Waals surface area (Å²) in [7, 11) is 3.35. The number of likely N-dealkylation sites (N-methyl/N-ethyl adjacent to an activating group) is 1. The van der Waals surface area contributed by atoms with Gasteiger partial charge in [-0.3, -0.25) is 20.3 Å². The molecule has 3 rings (SSSR count). The molecule has 1 atom stereocenters. The van der Waals surface area contributed by atoms with Crippen LogP contribution in [-0.2, 0) is 21.7 Å². The van der Waals surface area contributed by atoms with Crippen LogP contribution in [0.4, 0.5) is 5.69 Å². The number of amides is 1. The Morgan fingerprint density at radius 2 is 1.88 bits per heavy atom. The Balaban J connectivity index is 1.87. The highest BCUT2D eigenvalue weighted by Gasteiger charge is 2.37. The number of fused-ring (bicyclic) bond motifs is 1. The number of nitrogens with one attached hydrogen (secondary N) is 4. The highest BCUT2D eigenvalue weighted by molar-refractivity contribution is 5.95. The molecule has 34 heavy (non-hydrogen) atoms. The van der Waals surface area contributed by atoms with Gasteiger partial charge in [0.2, 0.25) is 5.91 Å². The molecular weight excluding hydrogens is 434 g/mol. The number of H-pyrrole nitrogens is 1. The largest absolute Gasteiger partial charge is 0.481 e. The van der Waals surface area contributed by atoms with Gasteiger partial charge in [0.05, 0.1) is 24.0 Å². The molecular formula is C24H31N7O3.